The van der Waals surface area contributed by atoms with E-state index in [0.29, 0.717) is 17.2 Å². The van der Waals surface area contributed by atoms with E-state index in [0.717, 1.165) is 38.0 Å². The Hall–Kier alpha value is -3.76. The number of benzene rings is 2. The maximum absolute atomic E-state index is 10.1. The second kappa shape index (κ2) is 7.18. The van der Waals surface area contributed by atoms with Crippen molar-refractivity contribution in [3.8, 4) is 29.0 Å². The van der Waals surface area contributed by atoms with Gasteiger partial charge in [0, 0.05) is 20.9 Å². The number of nitrogens with one attached hydrogen (secondary N) is 1. The van der Waals surface area contributed by atoms with Gasteiger partial charge in [0.25, 0.3) is 0 Å². The Morgan fingerprint density at radius 1 is 1.19 bits per heavy atom. The minimum absolute atomic E-state index is 0.0614. The molecule has 0 spiro atoms. The van der Waals surface area contributed by atoms with E-state index in [2.05, 4.69) is 36.2 Å². The molecule has 3 heterocycles. The van der Waals surface area contributed by atoms with Crippen molar-refractivity contribution < 1.29 is 9.47 Å². The minimum atomic E-state index is -0.483. The van der Waals surface area contributed by atoms with Gasteiger partial charge in [0.05, 0.1) is 24.3 Å². The van der Waals surface area contributed by atoms with Gasteiger partial charge in [-0.25, -0.2) is 0 Å². The summed E-state index contributed by atoms with van der Waals surface area (Å²) in [5, 5.41) is 19.7. The van der Waals surface area contributed by atoms with E-state index >= 15 is 0 Å². The predicted octanol–water partition coefficient (Wildman–Crippen LogP) is 5.14. The summed E-state index contributed by atoms with van der Waals surface area (Å²) in [4.78, 5) is 2.36. The van der Waals surface area contributed by atoms with E-state index in [4.69, 9.17) is 15.2 Å². The van der Waals surface area contributed by atoms with Crippen molar-refractivity contribution in [1.82, 2.24) is 10.2 Å². The molecule has 5 rings (SSSR count). The lowest BCUT2D eigenvalue weighted by molar-refractivity contribution is 0.375. The van der Waals surface area contributed by atoms with E-state index in [9.17, 15) is 5.26 Å². The van der Waals surface area contributed by atoms with Crippen molar-refractivity contribution in [2.24, 2.45) is 5.73 Å². The fourth-order valence-corrected chi connectivity index (χ4v) is 5.30. The third kappa shape index (κ3) is 2.87. The number of fused-ring (bicyclic) bond motifs is 2. The van der Waals surface area contributed by atoms with Crippen LogP contribution in [0.1, 0.15) is 26.8 Å². The Morgan fingerprint density at radius 3 is 2.71 bits per heavy atom. The zero-order valence-electron chi connectivity index (χ0n) is 17.3. The summed E-state index contributed by atoms with van der Waals surface area (Å²) in [6.07, 6.45) is 0. The van der Waals surface area contributed by atoms with Crippen molar-refractivity contribution in [2.75, 3.05) is 7.11 Å². The number of methoxy groups -OCH3 is 1. The fraction of sp³-hybridized carbons (Fsp3) is 0.167. The van der Waals surface area contributed by atoms with Gasteiger partial charge in [-0.05, 0) is 36.8 Å². The van der Waals surface area contributed by atoms with Gasteiger partial charge in [0.2, 0.25) is 11.8 Å². The Balaban J connectivity index is 1.87. The van der Waals surface area contributed by atoms with Crippen LogP contribution in [-0.2, 0) is 0 Å². The Kier molecular flexibility index (Phi) is 4.45. The maximum Gasteiger partial charge on any atom is 0.244 e. The highest BCUT2D eigenvalue weighted by Gasteiger charge is 2.38. The van der Waals surface area contributed by atoms with Crippen LogP contribution in [0.25, 0.3) is 22.0 Å². The van der Waals surface area contributed by atoms with Crippen molar-refractivity contribution in [2.45, 2.75) is 19.8 Å². The SMILES string of the molecule is COc1ccc2ccccc2c1C1C(C#N)=C(N)Oc2n[nH]c(-c3cc(C)sc3C)c21. The van der Waals surface area contributed by atoms with Gasteiger partial charge in [-0.1, -0.05) is 30.3 Å². The third-order valence-corrected chi connectivity index (χ3v) is 6.65. The van der Waals surface area contributed by atoms with Crippen LogP contribution in [0.3, 0.4) is 0 Å². The molecule has 1 aliphatic rings. The highest BCUT2D eigenvalue weighted by molar-refractivity contribution is 7.12. The molecule has 7 heteroatoms. The van der Waals surface area contributed by atoms with Crippen LogP contribution in [0, 0.1) is 25.2 Å². The number of hydrogen-bond acceptors (Lipinski definition) is 6. The molecule has 2 aromatic carbocycles. The summed E-state index contributed by atoms with van der Waals surface area (Å²) in [6, 6.07) is 16.4. The number of aryl methyl sites for hydroxylation is 2. The standard InChI is InChI=1S/C24H20N4O2S/c1-12-10-16(13(2)31-12)22-21-20(17(11-25)23(26)30-24(21)28-27-22)19-15-7-5-4-6-14(15)8-9-18(19)29-3/h4-10,20H,26H2,1-3H3,(H,27,28). The lowest BCUT2D eigenvalue weighted by Gasteiger charge is -2.26. The summed E-state index contributed by atoms with van der Waals surface area (Å²) in [5.74, 6) is 0.645. The monoisotopic (exact) mass is 428 g/mol. The van der Waals surface area contributed by atoms with Crippen LogP contribution in [0.15, 0.2) is 53.9 Å². The number of allylic oxidation sites excluding steroid dienone is 1. The molecule has 0 saturated heterocycles. The lowest BCUT2D eigenvalue weighted by atomic mass is 9.80. The van der Waals surface area contributed by atoms with Crippen LogP contribution in [-0.4, -0.2) is 17.3 Å². The minimum Gasteiger partial charge on any atom is -0.496 e. The first kappa shape index (κ1) is 19.2. The average Bonchev–Trinajstić information content (AvgIpc) is 3.33. The number of thiophene rings is 1. The van der Waals surface area contributed by atoms with E-state index in [1.54, 1.807) is 18.4 Å². The van der Waals surface area contributed by atoms with Gasteiger partial charge in [-0.15, -0.1) is 16.4 Å². The fourth-order valence-electron chi connectivity index (χ4n) is 4.37. The first-order valence-electron chi connectivity index (χ1n) is 9.82. The van der Waals surface area contributed by atoms with Crippen molar-refractivity contribution in [3.63, 3.8) is 0 Å². The number of aromatic amines is 1. The second-order valence-corrected chi connectivity index (χ2v) is 8.93. The number of hydrogen-bond donors (Lipinski definition) is 2. The lowest BCUT2D eigenvalue weighted by Crippen LogP contribution is -2.21. The number of nitrogens with two attached hydrogens (primary N) is 1. The molecule has 154 valence electrons. The first-order valence-corrected chi connectivity index (χ1v) is 10.6. The van der Waals surface area contributed by atoms with Gasteiger partial charge in [0.1, 0.15) is 17.4 Å². The molecule has 1 unspecified atom stereocenters. The molecule has 0 bridgehead atoms. The summed E-state index contributed by atoms with van der Waals surface area (Å²) in [7, 11) is 1.63. The maximum atomic E-state index is 10.1. The summed E-state index contributed by atoms with van der Waals surface area (Å²) in [5.41, 5.74) is 10.1. The molecule has 3 N–H and O–H groups in total. The quantitative estimate of drug-likeness (QED) is 0.471. The molecule has 6 nitrogen and oxygen atoms in total. The Bertz CT molecular complexity index is 1410. The number of rotatable bonds is 3. The number of ether oxygens (including phenoxy) is 2. The number of nitrogens with zero attached hydrogens (tertiary/aromatic N) is 2. The molecule has 1 atom stereocenters. The van der Waals surface area contributed by atoms with E-state index in [1.807, 2.05) is 36.4 Å². The normalized spacial score (nSPS) is 15.5. The largest absolute Gasteiger partial charge is 0.496 e. The molecule has 0 aliphatic carbocycles. The molecule has 0 fully saturated rings. The Morgan fingerprint density at radius 2 is 2.00 bits per heavy atom. The number of nitriles is 1. The topological polar surface area (TPSA) is 96.9 Å². The van der Waals surface area contributed by atoms with E-state index in [1.165, 1.54) is 4.88 Å². The summed E-state index contributed by atoms with van der Waals surface area (Å²) in [6.45, 7) is 4.15. The van der Waals surface area contributed by atoms with E-state index in [-0.39, 0.29) is 5.88 Å². The van der Waals surface area contributed by atoms with Crippen molar-refractivity contribution >= 4 is 22.1 Å². The zero-order chi connectivity index (χ0) is 21.7. The van der Waals surface area contributed by atoms with Gasteiger partial charge in [-0.3, -0.25) is 5.10 Å². The molecular weight excluding hydrogens is 408 g/mol. The molecule has 31 heavy (non-hydrogen) atoms. The van der Waals surface area contributed by atoms with Crippen LogP contribution in [0.2, 0.25) is 0 Å². The van der Waals surface area contributed by atoms with Gasteiger partial charge in [-0.2, -0.15) is 5.26 Å². The number of aromatic nitrogens is 2. The van der Waals surface area contributed by atoms with Crippen LogP contribution < -0.4 is 15.2 Å². The summed E-state index contributed by atoms with van der Waals surface area (Å²) < 4.78 is 11.5. The molecule has 4 aromatic rings. The van der Waals surface area contributed by atoms with Gasteiger partial charge in [0.15, 0.2) is 0 Å². The van der Waals surface area contributed by atoms with Crippen LogP contribution >= 0.6 is 11.3 Å². The Labute approximate surface area is 183 Å². The third-order valence-electron chi connectivity index (χ3n) is 5.69. The van der Waals surface area contributed by atoms with Gasteiger partial charge >= 0.3 is 0 Å². The van der Waals surface area contributed by atoms with Crippen LogP contribution in [0.5, 0.6) is 11.6 Å². The van der Waals surface area contributed by atoms with Crippen molar-refractivity contribution in [1.29, 1.82) is 5.26 Å². The van der Waals surface area contributed by atoms with Gasteiger partial charge < -0.3 is 15.2 Å². The zero-order valence-corrected chi connectivity index (χ0v) is 18.1. The summed E-state index contributed by atoms with van der Waals surface area (Å²) >= 11 is 1.72. The first-order chi connectivity index (χ1) is 15.0. The molecule has 1 aliphatic heterocycles. The predicted molar refractivity (Wildman–Crippen MR) is 121 cm³/mol. The van der Waals surface area contributed by atoms with Crippen LogP contribution in [0.4, 0.5) is 0 Å². The van der Waals surface area contributed by atoms with E-state index < -0.39 is 5.92 Å². The highest BCUT2D eigenvalue weighted by Crippen LogP contribution is 2.50. The second-order valence-electron chi connectivity index (χ2n) is 7.47. The molecular formula is C24H20N4O2S. The molecule has 0 radical (unpaired) electrons. The van der Waals surface area contributed by atoms with Crippen molar-refractivity contribution in [3.05, 3.63) is 74.8 Å². The smallest absolute Gasteiger partial charge is 0.244 e. The molecule has 2 aromatic heterocycles. The number of H-pyrrole nitrogens is 1. The molecule has 0 amide bonds. The average molecular weight is 429 g/mol. The highest BCUT2D eigenvalue weighted by atomic mass is 32.1. The molecule has 0 saturated carbocycles.